The van der Waals surface area contributed by atoms with Crippen LogP contribution < -0.4 is 5.32 Å². The summed E-state index contributed by atoms with van der Waals surface area (Å²) in [5.74, 6) is -0.732. The lowest BCUT2D eigenvalue weighted by atomic mass is 10.0. The monoisotopic (exact) mass is 361 g/mol. The van der Waals surface area contributed by atoms with Crippen LogP contribution in [0.15, 0.2) is 65.2 Å². The molecule has 0 radical (unpaired) electrons. The van der Waals surface area contributed by atoms with Crippen molar-refractivity contribution in [3.8, 4) is 22.5 Å². The molecule has 0 saturated carbocycles. The number of nitrogens with zero attached hydrogens (tertiary/aromatic N) is 2. The Morgan fingerprint density at radius 2 is 1.85 bits per heavy atom. The van der Waals surface area contributed by atoms with Gasteiger partial charge in [0.15, 0.2) is 0 Å². The first kappa shape index (κ1) is 16.9. The van der Waals surface area contributed by atoms with Gasteiger partial charge in [-0.15, -0.1) is 0 Å². The molecule has 5 nitrogen and oxygen atoms in total. The van der Waals surface area contributed by atoms with Crippen molar-refractivity contribution < 1.29 is 13.7 Å². The first-order valence-electron chi connectivity index (χ1n) is 8.58. The maximum atomic E-state index is 14.3. The van der Waals surface area contributed by atoms with Gasteiger partial charge in [0.1, 0.15) is 11.5 Å². The fourth-order valence-corrected chi connectivity index (χ4v) is 2.98. The zero-order valence-corrected chi connectivity index (χ0v) is 14.6. The smallest absolute Gasteiger partial charge is 0.259 e. The van der Waals surface area contributed by atoms with Crippen LogP contribution in [-0.4, -0.2) is 22.6 Å². The van der Waals surface area contributed by atoms with E-state index in [0.717, 1.165) is 5.56 Å². The second-order valence-electron chi connectivity index (χ2n) is 5.97. The lowest BCUT2D eigenvalue weighted by Crippen LogP contribution is -2.23. The highest BCUT2D eigenvalue weighted by atomic mass is 19.1. The molecule has 6 heteroatoms. The summed E-state index contributed by atoms with van der Waals surface area (Å²) in [6.07, 6.45) is 0. The summed E-state index contributed by atoms with van der Waals surface area (Å²) in [6, 6.07) is 17.4. The molecule has 2 aromatic heterocycles. The Labute approximate surface area is 154 Å². The molecule has 2 heterocycles. The number of hydrogen-bond acceptors (Lipinski definition) is 4. The number of aromatic nitrogens is 2. The summed E-state index contributed by atoms with van der Waals surface area (Å²) in [5, 5.41) is 7.19. The number of amides is 1. The molecule has 0 spiro atoms. The average Bonchev–Trinajstić information content (AvgIpc) is 3.12. The molecule has 0 unspecified atom stereocenters. The molecule has 2 aromatic carbocycles. The first-order chi connectivity index (χ1) is 13.2. The van der Waals surface area contributed by atoms with Crippen molar-refractivity contribution in [3.63, 3.8) is 0 Å². The number of halogens is 1. The SMILES string of the molecule is CCNC(=O)c1cc(-c2ccccc2)nc2onc(-c3ccccc3F)c12. The second kappa shape index (κ2) is 6.99. The second-order valence-corrected chi connectivity index (χ2v) is 5.97. The van der Waals surface area contributed by atoms with Crippen molar-refractivity contribution in [2.45, 2.75) is 6.92 Å². The zero-order chi connectivity index (χ0) is 18.8. The Hall–Kier alpha value is -3.54. The number of hydrogen-bond donors (Lipinski definition) is 1. The Morgan fingerprint density at radius 1 is 1.11 bits per heavy atom. The van der Waals surface area contributed by atoms with Gasteiger partial charge in [-0.05, 0) is 25.1 Å². The maximum Gasteiger partial charge on any atom is 0.259 e. The van der Waals surface area contributed by atoms with Crippen LogP contribution in [-0.2, 0) is 0 Å². The third-order valence-electron chi connectivity index (χ3n) is 4.23. The Morgan fingerprint density at radius 3 is 2.59 bits per heavy atom. The number of pyridine rings is 1. The Bertz CT molecular complexity index is 1120. The summed E-state index contributed by atoms with van der Waals surface area (Å²) in [6.45, 7) is 2.30. The van der Waals surface area contributed by atoms with Crippen molar-refractivity contribution in [1.82, 2.24) is 15.5 Å². The summed E-state index contributed by atoms with van der Waals surface area (Å²) in [4.78, 5) is 17.2. The molecule has 0 aliphatic rings. The zero-order valence-electron chi connectivity index (χ0n) is 14.6. The van der Waals surface area contributed by atoms with Gasteiger partial charge in [0.25, 0.3) is 11.6 Å². The Balaban J connectivity index is 1.99. The number of carbonyl (C=O) groups excluding carboxylic acids is 1. The lowest BCUT2D eigenvalue weighted by Gasteiger charge is -2.08. The predicted molar refractivity (Wildman–Crippen MR) is 101 cm³/mol. The molecule has 0 bridgehead atoms. The van der Waals surface area contributed by atoms with Gasteiger partial charge in [0, 0.05) is 17.7 Å². The van der Waals surface area contributed by atoms with Crippen molar-refractivity contribution in [3.05, 3.63) is 72.0 Å². The van der Waals surface area contributed by atoms with E-state index < -0.39 is 5.82 Å². The molecule has 0 atom stereocenters. The number of benzene rings is 2. The van der Waals surface area contributed by atoms with Gasteiger partial charge < -0.3 is 9.84 Å². The van der Waals surface area contributed by atoms with E-state index in [1.807, 2.05) is 37.3 Å². The van der Waals surface area contributed by atoms with Crippen molar-refractivity contribution >= 4 is 17.0 Å². The molecule has 0 aliphatic carbocycles. The summed E-state index contributed by atoms with van der Waals surface area (Å²) >= 11 is 0. The van der Waals surface area contributed by atoms with Gasteiger partial charge >= 0.3 is 0 Å². The van der Waals surface area contributed by atoms with Gasteiger partial charge in [-0.25, -0.2) is 9.37 Å². The minimum absolute atomic E-state index is 0.191. The summed E-state index contributed by atoms with van der Waals surface area (Å²) in [7, 11) is 0. The lowest BCUT2D eigenvalue weighted by molar-refractivity contribution is 0.0957. The first-order valence-corrected chi connectivity index (χ1v) is 8.58. The van der Waals surface area contributed by atoms with E-state index in [-0.39, 0.29) is 22.9 Å². The molecule has 0 fully saturated rings. The third-order valence-corrected chi connectivity index (χ3v) is 4.23. The molecular formula is C21H16FN3O2. The molecule has 134 valence electrons. The van der Waals surface area contributed by atoms with Crippen molar-refractivity contribution in [2.24, 2.45) is 0 Å². The van der Waals surface area contributed by atoms with Crippen LogP contribution >= 0.6 is 0 Å². The largest absolute Gasteiger partial charge is 0.352 e. The standard InChI is InChI=1S/C21H16FN3O2/c1-2-23-20(26)15-12-17(13-8-4-3-5-9-13)24-21-18(15)19(25-27-21)14-10-6-7-11-16(14)22/h3-12H,2H2,1H3,(H,23,26). The van der Waals surface area contributed by atoms with E-state index in [4.69, 9.17) is 4.52 Å². The van der Waals surface area contributed by atoms with E-state index in [1.54, 1.807) is 24.3 Å². The molecule has 4 aromatic rings. The van der Waals surface area contributed by atoms with Crippen molar-refractivity contribution in [1.29, 1.82) is 0 Å². The average molecular weight is 361 g/mol. The third kappa shape index (κ3) is 3.06. The number of carbonyl (C=O) groups is 1. The molecule has 0 saturated heterocycles. The van der Waals surface area contributed by atoms with E-state index in [2.05, 4.69) is 15.5 Å². The number of nitrogens with one attached hydrogen (secondary N) is 1. The maximum absolute atomic E-state index is 14.3. The van der Waals surface area contributed by atoms with Gasteiger partial charge in [0.2, 0.25) is 0 Å². The minimum atomic E-state index is -0.443. The molecule has 4 rings (SSSR count). The molecule has 0 aliphatic heterocycles. The quantitative estimate of drug-likeness (QED) is 0.583. The molecule has 1 amide bonds. The van der Waals surface area contributed by atoms with Crippen molar-refractivity contribution in [2.75, 3.05) is 6.54 Å². The number of rotatable bonds is 4. The van der Waals surface area contributed by atoms with Crippen LogP contribution in [0, 0.1) is 5.82 Å². The highest BCUT2D eigenvalue weighted by Gasteiger charge is 2.23. The van der Waals surface area contributed by atoms with E-state index in [0.29, 0.717) is 23.2 Å². The fraction of sp³-hybridized carbons (Fsp3) is 0.0952. The van der Waals surface area contributed by atoms with Crippen LogP contribution in [0.25, 0.3) is 33.6 Å². The predicted octanol–water partition coefficient (Wildman–Crippen LogP) is 4.45. The number of fused-ring (bicyclic) bond motifs is 1. The van der Waals surface area contributed by atoms with Crippen LogP contribution in [0.5, 0.6) is 0 Å². The van der Waals surface area contributed by atoms with Gasteiger partial charge in [-0.2, -0.15) is 0 Å². The topological polar surface area (TPSA) is 68.0 Å². The molecule has 27 heavy (non-hydrogen) atoms. The normalized spacial score (nSPS) is 10.9. The highest BCUT2D eigenvalue weighted by molar-refractivity contribution is 6.10. The minimum Gasteiger partial charge on any atom is -0.352 e. The van der Waals surface area contributed by atoms with Gasteiger partial charge in [-0.3, -0.25) is 4.79 Å². The van der Waals surface area contributed by atoms with E-state index in [9.17, 15) is 9.18 Å². The van der Waals surface area contributed by atoms with Crippen LogP contribution in [0.3, 0.4) is 0 Å². The summed E-state index contributed by atoms with van der Waals surface area (Å²) in [5.41, 5.74) is 2.48. The van der Waals surface area contributed by atoms with Gasteiger partial charge in [0.05, 0.1) is 16.6 Å². The molecule has 1 N–H and O–H groups in total. The fourth-order valence-electron chi connectivity index (χ4n) is 2.98. The van der Waals surface area contributed by atoms with Crippen LogP contribution in [0.1, 0.15) is 17.3 Å². The van der Waals surface area contributed by atoms with Crippen LogP contribution in [0.2, 0.25) is 0 Å². The van der Waals surface area contributed by atoms with E-state index in [1.165, 1.54) is 6.07 Å². The van der Waals surface area contributed by atoms with E-state index >= 15 is 0 Å². The van der Waals surface area contributed by atoms with Crippen LogP contribution in [0.4, 0.5) is 4.39 Å². The van der Waals surface area contributed by atoms with Gasteiger partial charge in [-0.1, -0.05) is 47.6 Å². The summed E-state index contributed by atoms with van der Waals surface area (Å²) < 4.78 is 19.7. The highest BCUT2D eigenvalue weighted by Crippen LogP contribution is 2.33. The Kier molecular flexibility index (Phi) is 4.38. The molecular weight excluding hydrogens is 345 g/mol.